The van der Waals surface area contributed by atoms with Crippen molar-refractivity contribution in [2.75, 3.05) is 13.4 Å². The van der Waals surface area contributed by atoms with Gasteiger partial charge in [-0.25, -0.2) is 8.42 Å². The molecule has 0 spiro atoms. The molecule has 3 aromatic rings. The third-order valence-corrected chi connectivity index (χ3v) is 6.91. The second kappa shape index (κ2) is 8.96. The van der Waals surface area contributed by atoms with E-state index in [2.05, 4.69) is 26.1 Å². The van der Waals surface area contributed by atoms with Gasteiger partial charge < -0.3 is 10.1 Å². The molecule has 4 rings (SSSR count). The molecule has 6 nitrogen and oxygen atoms in total. The number of allylic oxidation sites excluding steroid dienone is 1. The lowest BCUT2D eigenvalue weighted by atomic mass is 9.81. The summed E-state index contributed by atoms with van der Waals surface area (Å²) in [5, 5.41) is 4.56. The molecule has 182 valence electrons. The van der Waals surface area contributed by atoms with Crippen LogP contribution in [-0.2, 0) is 30.6 Å². The van der Waals surface area contributed by atoms with E-state index in [4.69, 9.17) is 4.74 Å². The van der Waals surface area contributed by atoms with Crippen LogP contribution < -0.4 is 10.1 Å². The zero-order chi connectivity index (χ0) is 25.5. The van der Waals surface area contributed by atoms with Gasteiger partial charge >= 0.3 is 0 Å². The van der Waals surface area contributed by atoms with Gasteiger partial charge in [0, 0.05) is 29.2 Å². The van der Waals surface area contributed by atoms with Crippen LogP contribution in [0.1, 0.15) is 43.9 Å². The van der Waals surface area contributed by atoms with Gasteiger partial charge in [0.2, 0.25) is 5.91 Å². The molecule has 0 bridgehead atoms. The van der Waals surface area contributed by atoms with Crippen LogP contribution in [0, 0.1) is 0 Å². The number of nitrogens with one attached hydrogen (secondary N) is 1. The van der Waals surface area contributed by atoms with E-state index in [9.17, 15) is 18.0 Å². The van der Waals surface area contributed by atoms with Gasteiger partial charge in [-0.05, 0) is 51.1 Å². The van der Waals surface area contributed by atoms with Gasteiger partial charge in [-0.15, -0.1) is 0 Å². The fourth-order valence-electron chi connectivity index (χ4n) is 4.40. The summed E-state index contributed by atoms with van der Waals surface area (Å²) in [6.07, 6.45) is 2.53. The molecule has 1 aliphatic rings. The van der Waals surface area contributed by atoms with Crippen LogP contribution in [0.25, 0.3) is 27.5 Å². The van der Waals surface area contributed by atoms with Crippen molar-refractivity contribution in [3.63, 3.8) is 0 Å². The first-order valence-corrected chi connectivity index (χ1v) is 13.4. The maximum atomic E-state index is 12.7. The first-order valence-electron chi connectivity index (χ1n) is 11.3. The molecule has 1 N–H and O–H groups in total. The molecular weight excluding hydrogens is 462 g/mol. The number of ether oxygens (including phenoxy) is 1. The second-order valence-electron chi connectivity index (χ2n) is 10.0. The highest BCUT2D eigenvalue weighted by Crippen LogP contribution is 2.42. The quantitative estimate of drug-likeness (QED) is 0.519. The van der Waals surface area contributed by atoms with E-state index in [0.29, 0.717) is 5.57 Å². The molecule has 35 heavy (non-hydrogen) atoms. The highest BCUT2D eigenvalue weighted by Gasteiger charge is 2.27. The Bertz CT molecular complexity index is 1490. The fraction of sp³-hybridized carbons (Fsp3) is 0.286. The number of sulfone groups is 1. The van der Waals surface area contributed by atoms with Crippen LogP contribution in [0.3, 0.4) is 0 Å². The Balaban J connectivity index is 1.90. The lowest BCUT2D eigenvalue weighted by Crippen LogP contribution is -2.27. The number of benzene rings is 3. The minimum atomic E-state index is -3.12. The number of fused-ring (bicyclic) bond motifs is 1. The molecule has 0 aromatic heterocycles. The summed E-state index contributed by atoms with van der Waals surface area (Å²) in [4.78, 5) is 24.3. The van der Waals surface area contributed by atoms with Crippen molar-refractivity contribution < 1.29 is 22.7 Å². The number of hydrogen-bond donors (Lipinski definition) is 1. The Kier molecular flexibility index (Phi) is 6.32. The molecule has 0 radical (unpaired) electrons. The number of carbonyl (C=O) groups excluding carboxylic acids is 2. The predicted octanol–water partition coefficient (Wildman–Crippen LogP) is 4.79. The summed E-state index contributed by atoms with van der Waals surface area (Å²) in [5.74, 6) is 0.187. The van der Waals surface area contributed by atoms with Crippen LogP contribution in [-0.4, -0.2) is 33.5 Å². The third-order valence-electron chi connectivity index (χ3n) is 6.06. The van der Waals surface area contributed by atoms with Crippen LogP contribution in [0.15, 0.2) is 54.7 Å². The van der Waals surface area contributed by atoms with E-state index < -0.39 is 9.84 Å². The molecule has 0 aliphatic carbocycles. The third kappa shape index (κ3) is 5.30. The number of carbonyl (C=O) groups is 2. The Labute approximate surface area is 205 Å². The molecule has 1 aliphatic heterocycles. The SMILES string of the molecule is COc1c(-c2ccc3cc(CS(C)(=O)=O)ccc3c2)cc(C2=CNC(=O)CC2=O)cc1C(C)(C)C. The molecule has 0 fully saturated rings. The van der Waals surface area contributed by atoms with Gasteiger partial charge in [0.1, 0.15) is 5.75 Å². The minimum absolute atomic E-state index is 0.00478. The van der Waals surface area contributed by atoms with Crippen molar-refractivity contribution >= 4 is 37.9 Å². The molecule has 0 unspecified atom stereocenters. The zero-order valence-corrected chi connectivity index (χ0v) is 21.4. The summed E-state index contributed by atoms with van der Waals surface area (Å²) in [5.41, 5.74) is 4.35. The van der Waals surface area contributed by atoms with Crippen molar-refractivity contribution in [1.82, 2.24) is 5.32 Å². The molecule has 0 saturated carbocycles. The Hall–Kier alpha value is -3.45. The summed E-state index contributed by atoms with van der Waals surface area (Å²) in [6.45, 7) is 6.25. The minimum Gasteiger partial charge on any atom is -0.496 e. The first kappa shape index (κ1) is 24.7. The molecule has 1 amide bonds. The number of amides is 1. The monoisotopic (exact) mass is 491 g/mol. The lowest BCUT2D eigenvalue weighted by molar-refractivity contribution is -0.125. The largest absolute Gasteiger partial charge is 0.496 e. The number of rotatable bonds is 5. The predicted molar refractivity (Wildman–Crippen MR) is 139 cm³/mol. The Morgan fingerprint density at radius 1 is 0.943 bits per heavy atom. The van der Waals surface area contributed by atoms with Gasteiger partial charge in [-0.3, -0.25) is 9.59 Å². The summed E-state index contributed by atoms with van der Waals surface area (Å²) < 4.78 is 29.3. The van der Waals surface area contributed by atoms with Gasteiger partial charge in [0.05, 0.1) is 19.3 Å². The second-order valence-corrected chi connectivity index (χ2v) is 12.2. The highest BCUT2D eigenvalue weighted by molar-refractivity contribution is 7.89. The summed E-state index contributed by atoms with van der Waals surface area (Å²) in [6, 6.07) is 15.5. The van der Waals surface area contributed by atoms with Crippen molar-refractivity contribution in [3.05, 3.63) is 71.4 Å². The number of Topliss-reactive ketones (excluding diaryl/α,β-unsaturated/α-hetero) is 1. The van der Waals surface area contributed by atoms with Gasteiger partial charge in [-0.1, -0.05) is 51.1 Å². The average Bonchev–Trinajstić information content (AvgIpc) is 2.76. The topological polar surface area (TPSA) is 89.5 Å². The number of ketones is 1. The molecule has 7 heteroatoms. The van der Waals surface area contributed by atoms with E-state index in [1.807, 2.05) is 48.5 Å². The number of hydrogen-bond acceptors (Lipinski definition) is 5. The van der Waals surface area contributed by atoms with E-state index in [-0.39, 0.29) is 29.3 Å². The van der Waals surface area contributed by atoms with Gasteiger partial charge in [0.25, 0.3) is 0 Å². The van der Waals surface area contributed by atoms with Crippen LogP contribution in [0.5, 0.6) is 5.75 Å². The van der Waals surface area contributed by atoms with Crippen LogP contribution in [0.2, 0.25) is 0 Å². The molecule has 0 atom stereocenters. The zero-order valence-electron chi connectivity index (χ0n) is 20.6. The molecular formula is C28H29NO5S. The summed E-state index contributed by atoms with van der Waals surface area (Å²) in [7, 11) is -1.49. The van der Waals surface area contributed by atoms with E-state index in [0.717, 1.165) is 44.3 Å². The van der Waals surface area contributed by atoms with Gasteiger partial charge in [0.15, 0.2) is 15.6 Å². The molecule has 0 saturated heterocycles. The molecule has 1 heterocycles. The van der Waals surface area contributed by atoms with Crippen LogP contribution in [0.4, 0.5) is 0 Å². The fourth-order valence-corrected chi connectivity index (χ4v) is 5.19. The maximum Gasteiger partial charge on any atom is 0.231 e. The van der Waals surface area contributed by atoms with E-state index >= 15 is 0 Å². The van der Waals surface area contributed by atoms with Crippen molar-refractivity contribution in [1.29, 1.82) is 0 Å². The standard InChI is InChI=1S/C28H29NO5S/c1-28(2,3)24-13-21(23-15-29-26(31)14-25(23)30)12-22(27(24)34-4)20-9-8-18-10-17(16-35(5,32)33)6-7-19(18)11-20/h6-13,15H,14,16H2,1-5H3,(H,29,31). The van der Waals surface area contributed by atoms with Crippen LogP contribution >= 0.6 is 0 Å². The average molecular weight is 492 g/mol. The Morgan fingerprint density at radius 3 is 2.26 bits per heavy atom. The normalized spacial score (nSPS) is 14.6. The van der Waals surface area contributed by atoms with E-state index in [1.165, 1.54) is 12.5 Å². The van der Waals surface area contributed by atoms with Gasteiger partial charge in [-0.2, -0.15) is 0 Å². The number of methoxy groups -OCH3 is 1. The van der Waals surface area contributed by atoms with E-state index in [1.54, 1.807) is 7.11 Å². The maximum absolute atomic E-state index is 12.7. The Morgan fingerprint density at radius 2 is 1.63 bits per heavy atom. The van der Waals surface area contributed by atoms with Crippen molar-refractivity contribution in [3.8, 4) is 16.9 Å². The van der Waals surface area contributed by atoms with Crippen molar-refractivity contribution in [2.45, 2.75) is 38.4 Å². The van der Waals surface area contributed by atoms with Crippen molar-refractivity contribution in [2.24, 2.45) is 0 Å². The smallest absolute Gasteiger partial charge is 0.231 e. The molecule has 3 aromatic carbocycles. The lowest BCUT2D eigenvalue weighted by Gasteiger charge is -2.26. The highest BCUT2D eigenvalue weighted by atomic mass is 32.2. The summed E-state index contributed by atoms with van der Waals surface area (Å²) >= 11 is 0. The first-order chi connectivity index (χ1) is 16.4.